The second-order valence-corrected chi connectivity index (χ2v) is 3.33. The summed E-state index contributed by atoms with van der Waals surface area (Å²) in [6, 6.07) is 1.41. The van der Waals surface area contributed by atoms with Gasteiger partial charge in [-0.25, -0.2) is 4.79 Å². The highest BCUT2D eigenvalue weighted by atomic mass is 16.5. The van der Waals surface area contributed by atoms with Gasteiger partial charge in [0.05, 0.1) is 0 Å². The number of hydrogen-bond acceptors (Lipinski definition) is 5. The summed E-state index contributed by atoms with van der Waals surface area (Å²) in [6.07, 6.45) is -1.17. The topological polar surface area (TPSA) is 84.2 Å². The summed E-state index contributed by atoms with van der Waals surface area (Å²) in [5, 5.41) is 8.20. The lowest BCUT2D eigenvalue weighted by atomic mass is 10.1. The molecule has 0 saturated heterocycles. The maximum atomic E-state index is 11.4. The van der Waals surface area contributed by atoms with E-state index in [9.17, 15) is 14.4 Å². The van der Waals surface area contributed by atoms with E-state index >= 15 is 0 Å². The number of carbonyl (C=O) groups is 3. The Morgan fingerprint density at radius 2 is 1.94 bits per heavy atom. The molecule has 0 aromatic carbocycles. The fourth-order valence-electron chi connectivity index (χ4n) is 0.823. The summed E-state index contributed by atoms with van der Waals surface area (Å²) in [5.41, 5.74) is 0.202. The van der Waals surface area contributed by atoms with Crippen molar-refractivity contribution in [3.63, 3.8) is 0 Å². The van der Waals surface area contributed by atoms with Crippen LogP contribution in [0.2, 0.25) is 0 Å². The molecule has 16 heavy (non-hydrogen) atoms. The fourth-order valence-corrected chi connectivity index (χ4v) is 0.823. The van der Waals surface area contributed by atoms with Crippen molar-refractivity contribution in [1.29, 1.82) is 5.26 Å². The number of ether oxygens (including phenoxy) is 1. The molecular weight excluding hydrogens is 210 g/mol. The Bertz CT molecular complexity index is 365. The van der Waals surface area contributed by atoms with Gasteiger partial charge < -0.3 is 4.74 Å². The van der Waals surface area contributed by atoms with Crippen molar-refractivity contribution in [3.05, 3.63) is 12.2 Å². The van der Waals surface area contributed by atoms with Crippen LogP contribution < -0.4 is 0 Å². The zero-order chi connectivity index (χ0) is 12.7. The average molecular weight is 223 g/mol. The summed E-state index contributed by atoms with van der Waals surface area (Å²) >= 11 is 0. The van der Waals surface area contributed by atoms with Crippen molar-refractivity contribution < 1.29 is 19.1 Å². The van der Waals surface area contributed by atoms with E-state index in [1.165, 1.54) is 19.9 Å². The number of carbonyl (C=O) groups excluding carboxylic acids is 3. The van der Waals surface area contributed by atoms with Crippen LogP contribution in [-0.2, 0) is 19.1 Å². The van der Waals surface area contributed by atoms with Crippen LogP contribution in [0.4, 0.5) is 0 Å². The maximum Gasteiger partial charge on any atom is 0.333 e. The molecule has 0 aliphatic heterocycles. The van der Waals surface area contributed by atoms with E-state index in [1.54, 1.807) is 0 Å². The van der Waals surface area contributed by atoms with Crippen molar-refractivity contribution in [2.45, 2.75) is 32.8 Å². The monoisotopic (exact) mass is 223 g/mol. The first-order valence-corrected chi connectivity index (χ1v) is 4.70. The van der Waals surface area contributed by atoms with Gasteiger partial charge in [0.25, 0.3) is 0 Å². The first-order chi connectivity index (χ1) is 7.38. The number of Topliss-reactive ketones (excluding diaryl/α,β-unsaturated/α-hetero) is 2. The lowest BCUT2D eigenvalue weighted by Crippen LogP contribution is -2.24. The molecular formula is C11H13NO4. The van der Waals surface area contributed by atoms with Gasteiger partial charge in [-0.05, 0) is 13.8 Å². The van der Waals surface area contributed by atoms with Gasteiger partial charge in [-0.2, -0.15) is 5.26 Å². The van der Waals surface area contributed by atoms with Gasteiger partial charge in [0.2, 0.25) is 5.78 Å². The zero-order valence-corrected chi connectivity index (χ0v) is 9.28. The molecule has 0 spiro atoms. The predicted molar refractivity (Wildman–Crippen MR) is 55.2 cm³/mol. The molecule has 1 atom stereocenters. The van der Waals surface area contributed by atoms with E-state index < -0.39 is 23.6 Å². The molecule has 0 saturated carbocycles. The zero-order valence-electron chi connectivity index (χ0n) is 9.28. The van der Waals surface area contributed by atoms with E-state index in [0.29, 0.717) is 0 Å². The second kappa shape index (κ2) is 6.51. The Kier molecular flexibility index (Phi) is 5.71. The van der Waals surface area contributed by atoms with Crippen LogP contribution in [0, 0.1) is 11.3 Å². The Balaban J connectivity index is 4.11. The van der Waals surface area contributed by atoms with Gasteiger partial charge in [-0.15, -0.1) is 0 Å². The largest absolute Gasteiger partial charge is 0.451 e. The van der Waals surface area contributed by atoms with Crippen LogP contribution in [0.15, 0.2) is 12.2 Å². The number of nitriles is 1. The molecule has 0 heterocycles. The van der Waals surface area contributed by atoms with Gasteiger partial charge in [0, 0.05) is 18.4 Å². The van der Waals surface area contributed by atoms with Crippen LogP contribution >= 0.6 is 0 Å². The number of esters is 1. The lowest BCUT2D eigenvalue weighted by molar-refractivity contribution is -0.150. The summed E-state index contributed by atoms with van der Waals surface area (Å²) in [6.45, 7) is 6.26. The first kappa shape index (κ1) is 14.0. The molecule has 1 unspecified atom stereocenters. The number of nitrogens with zero attached hydrogens (tertiary/aromatic N) is 1. The van der Waals surface area contributed by atoms with E-state index in [2.05, 4.69) is 6.58 Å². The standard InChI is InChI=1S/C11H13NO4/c1-7(2)11(15)16-8(3)10(14)5-4-9(13)6-12/h8H,1,4-5H2,2-3H3. The maximum absolute atomic E-state index is 11.4. The third-order valence-corrected chi connectivity index (χ3v) is 1.81. The van der Waals surface area contributed by atoms with Gasteiger partial charge >= 0.3 is 5.97 Å². The second-order valence-electron chi connectivity index (χ2n) is 3.33. The smallest absolute Gasteiger partial charge is 0.333 e. The van der Waals surface area contributed by atoms with Crippen LogP contribution in [0.25, 0.3) is 0 Å². The van der Waals surface area contributed by atoms with Crippen molar-refractivity contribution >= 4 is 17.5 Å². The van der Waals surface area contributed by atoms with Gasteiger partial charge in [-0.1, -0.05) is 6.58 Å². The quantitative estimate of drug-likeness (QED) is 0.380. The molecule has 0 aliphatic rings. The Morgan fingerprint density at radius 3 is 2.38 bits per heavy atom. The molecule has 0 N–H and O–H groups in total. The van der Waals surface area contributed by atoms with Crippen molar-refractivity contribution in [2.24, 2.45) is 0 Å². The lowest BCUT2D eigenvalue weighted by Gasteiger charge is -2.11. The molecule has 0 aliphatic carbocycles. The van der Waals surface area contributed by atoms with Crippen LogP contribution in [0.5, 0.6) is 0 Å². The van der Waals surface area contributed by atoms with Gasteiger partial charge in [0.1, 0.15) is 6.07 Å². The van der Waals surface area contributed by atoms with Crippen LogP contribution in [0.3, 0.4) is 0 Å². The number of hydrogen-bond donors (Lipinski definition) is 0. The molecule has 0 rings (SSSR count). The predicted octanol–water partition coefficient (Wildman–Crippen LogP) is 0.936. The van der Waals surface area contributed by atoms with E-state index in [4.69, 9.17) is 10.00 Å². The molecule has 86 valence electrons. The Morgan fingerprint density at radius 1 is 1.38 bits per heavy atom. The highest BCUT2D eigenvalue weighted by Gasteiger charge is 2.18. The SMILES string of the molecule is C=C(C)C(=O)OC(C)C(=O)CCC(=O)C#N. The third kappa shape index (κ3) is 5.05. The molecule has 5 nitrogen and oxygen atoms in total. The minimum absolute atomic E-state index is 0.100. The summed E-state index contributed by atoms with van der Waals surface area (Å²) < 4.78 is 4.76. The van der Waals surface area contributed by atoms with E-state index in [0.717, 1.165) is 0 Å². The molecule has 0 radical (unpaired) electrons. The molecule has 0 aromatic rings. The first-order valence-electron chi connectivity index (χ1n) is 4.70. The fraction of sp³-hybridized carbons (Fsp3) is 0.455. The summed E-state index contributed by atoms with van der Waals surface area (Å²) in [4.78, 5) is 33.0. The molecule has 0 fully saturated rings. The Labute approximate surface area is 93.7 Å². The molecule has 5 heteroatoms. The minimum atomic E-state index is -0.921. The Hall–Kier alpha value is -1.96. The van der Waals surface area contributed by atoms with Crippen molar-refractivity contribution in [2.75, 3.05) is 0 Å². The summed E-state index contributed by atoms with van der Waals surface area (Å²) in [7, 11) is 0. The molecule has 0 bridgehead atoms. The highest BCUT2D eigenvalue weighted by Crippen LogP contribution is 2.03. The number of ketones is 2. The van der Waals surface area contributed by atoms with Gasteiger partial charge in [0.15, 0.2) is 11.9 Å². The molecule has 0 aromatic heterocycles. The van der Waals surface area contributed by atoms with Gasteiger partial charge in [-0.3, -0.25) is 9.59 Å². The van der Waals surface area contributed by atoms with Crippen molar-refractivity contribution in [1.82, 2.24) is 0 Å². The average Bonchev–Trinajstić information content (AvgIpc) is 2.24. The van der Waals surface area contributed by atoms with E-state index in [-0.39, 0.29) is 18.4 Å². The number of rotatable bonds is 6. The normalized spacial score (nSPS) is 11.1. The van der Waals surface area contributed by atoms with Crippen LogP contribution in [-0.4, -0.2) is 23.6 Å². The third-order valence-electron chi connectivity index (χ3n) is 1.81. The van der Waals surface area contributed by atoms with E-state index in [1.807, 2.05) is 0 Å². The minimum Gasteiger partial charge on any atom is -0.451 e. The highest BCUT2D eigenvalue weighted by molar-refractivity contribution is 5.97. The van der Waals surface area contributed by atoms with Crippen LogP contribution in [0.1, 0.15) is 26.7 Å². The molecule has 0 amide bonds. The van der Waals surface area contributed by atoms with Crippen molar-refractivity contribution in [3.8, 4) is 6.07 Å². The summed E-state index contributed by atoms with van der Waals surface area (Å²) in [5.74, 6) is -1.70.